The smallest absolute Gasteiger partial charge is 0.292 e. The number of benzene rings is 1. The second kappa shape index (κ2) is 7.61. The Bertz CT molecular complexity index is 595. The number of nitrogens with zero attached hydrogens (tertiary/aromatic N) is 3. The Morgan fingerprint density at radius 1 is 1.29 bits per heavy atom. The highest BCUT2D eigenvalue weighted by molar-refractivity contribution is 5.83. The fraction of sp³-hybridized carbons (Fsp3) is 0.588. The summed E-state index contributed by atoms with van der Waals surface area (Å²) >= 11 is 0. The number of nitro groups is 1. The minimum absolute atomic E-state index is 0.0242. The molecule has 2 heterocycles. The predicted octanol–water partition coefficient (Wildman–Crippen LogP) is 2.20. The van der Waals surface area contributed by atoms with Gasteiger partial charge in [0.05, 0.1) is 17.6 Å². The minimum atomic E-state index is -0.391. The van der Waals surface area contributed by atoms with E-state index in [1.807, 2.05) is 9.80 Å². The summed E-state index contributed by atoms with van der Waals surface area (Å²) in [6.45, 7) is 2.94. The molecular weight excluding hydrogens is 310 g/mol. The van der Waals surface area contributed by atoms with Crippen LogP contribution < -0.4 is 4.90 Å². The maximum absolute atomic E-state index is 12.6. The van der Waals surface area contributed by atoms with Crippen LogP contribution in [0.3, 0.4) is 0 Å². The van der Waals surface area contributed by atoms with Crippen molar-refractivity contribution in [3.05, 3.63) is 34.4 Å². The highest BCUT2D eigenvalue weighted by Crippen LogP contribution is 2.29. The van der Waals surface area contributed by atoms with Gasteiger partial charge in [-0.15, -0.1) is 0 Å². The molecule has 2 aliphatic rings. The molecule has 7 nitrogen and oxygen atoms in total. The minimum Gasteiger partial charge on any atom is -0.376 e. The monoisotopic (exact) mass is 333 g/mol. The van der Waals surface area contributed by atoms with E-state index in [1.165, 1.54) is 6.07 Å². The van der Waals surface area contributed by atoms with Gasteiger partial charge in [0.1, 0.15) is 5.69 Å². The molecule has 0 spiro atoms. The first-order chi connectivity index (χ1) is 11.6. The lowest BCUT2D eigenvalue weighted by molar-refractivity contribution is -0.384. The number of likely N-dealkylation sites (tertiary alicyclic amines) is 1. The second-order valence-electron chi connectivity index (χ2n) is 6.35. The highest BCUT2D eigenvalue weighted by atomic mass is 16.6. The molecular formula is C17H23N3O4. The molecule has 130 valence electrons. The molecule has 0 bridgehead atoms. The summed E-state index contributed by atoms with van der Waals surface area (Å²) < 4.78 is 5.68. The van der Waals surface area contributed by atoms with Crippen LogP contribution in [0, 0.1) is 10.1 Å². The van der Waals surface area contributed by atoms with Crippen LogP contribution in [0.25, 0.3) is 0 Å². The maximum atomic E-state index is 12.6. The van der Waals surface area contributed by atoms with E-state index >= 15 is 0 Å². The van der Waals surface area contributed by atoms with Gasteiger partial charge in [0.2, 0.25) is 5.91 Å². The fourth-order valence-electron chi connectivity index (χ4n) is 3.40. The van der Waals surface area contributed by atoms with E-state index in [2.05, 4.69) is 0 Å². The Hall–Kier alpha value is -2.15. The van der Waals surface area contributed by atoms with E-state index in [4.69, 9.17) is 4.74 Å². The van der Waals surface area contributed by atoms with E-state index in [-0.39, 0.29) is 24.2 Å². The molecule has 3 rings (SSSR count). The summed E-state index contributed by atoms with van der Waals surface area (Å²) in [5.41, 5.74) is 0.523. The van der Waals surface area contributed by atoms with Crippen molar-refractivity contribution in [2.75, 3.05) is 37.7 Å². The third-order valence-corrected chi connectivity index (χ3v) is 4.65. The molecule has 2 saturated heterocycles. The second-order valence-corrected chi connectivity index (χ2v) is 6.35. The molecule has 1 atom stereocenters. The first kappa shape index (κ1) is 16.7. The van der Waals surface area contributed by atoms with Gasteiger partial charge in [-0.05, 0) is 31.7 Å². The first-order valence-corrected chi connectivity index (χ1v) is 8.53. The molecule has 0 radical (unpaired) electrons. The number of rotatable bonds is 6. The maximum Gasteiger partial charge on any atom is 0.292 e. The average Bonchev–Trinajstić information content (AvgIpc) is 3.27. The molecule has 0 aromatic heterocycles. The molecule has 0 saturated carbocycles. The van der Waals surface area contributed by atoms with Crippen molar-refractivity contribution in [1.29, 1.82) is 0 Å². The van der Waals surface area contributed by atoms with Gasteiger partial charge >= 0.3 is 0 Å². The number of hydrogen-bond donors (Lipinski definition) is 0. The van der Waals surface area contributed by atoms with Gasteiger partial charge < -0.3 is 14.5 Å². The number of para-hydroxylation sites is 2. The Balaban J connectivity index is 1.81. The van der Waals surface area contributed by atoms with Crippen molar-refractivity contribution in [3.63, 3.8) is 0 Å². The Morgan fingerprint density at radius 3 is 2.71 bits per heavy atom. The Morgan fingerprint density at radius 2 is 2.04 bits per heavy atom. The van der Waals surface area contributed by atoms with Gasteiger partial charge in [-0.1, -0.05) is 12.1 Å². The zero-order chi connectivity index (χ0) is 16.9. The van der Waals surface area contributed by atoms with Crippen LogP contribution >= 0.6 is 0 Å². The molecule has 24 heavy (non-hydrogen) atoms. The van der Waals surface area contributed by atoms with Crippen molar-refractivity contribution in [2.24, 2.45) is 0 Å². The zero-order valence-corrected chi connectivity index (χ0v) is 13.7. The molecule has 1 amide bonds. The lowest BCUT2D eigenvalue weighted by Crippen LogP contribution is -2.42. The molecule has 1 unspecified atom stereocenters. The van der Waals surface area contributed by atoms with Gasteiger partial charge in [-0.25, -0.2) is 0 Å². The summed E-state index contributed by atoms with van der Waals surface area (Å²) in [7, 11) is 0. The number of nitro benzene ring substituents is 1. The summed E-state index contributed by atoms with van der Waals surface area (Å²) in [6, 6.07) is 6.61. The van der Waals surface area contributed by atoms with Crippen molar-refractivity contribution >= 4 is 17.3 Å². The Labute approximate surface area is 141 Å². The molecule has 0 aliphatic carbocycles. The number of amides is 1. The summed E-state index contributed by atoms with van der Waals surface area (Å²) in [5.74, 6) is 0.0312. The van der Waals surface area contributed by atoms with Crippen molar-refractivity contribution in [2.45, 2.75) is 31.8 Å². The third-order valence-electron chi connectivity index (χ3n) is 4.65. The number of ether oxygens (including phenoxy) is 1. The van der Waals surface area contributed by atoms with Crippen molar-refractivity contribution < 1.29 is 14.5 Å². The van der Waals surface area contributed by atoms with Crippen LogP contribution in [-0.2, 0) is 9.53 Å². The number of carbonyl (C=O) groups excluding carboxylic acids is 1. The molecule has 1 aromatic carbocycles. The number of carbonyl (C=O) groups is 1. The lowest BCUT2D eigenvalue weighted by atomic mass is 10.2. The fourth-order valence-corrected chi connectivity index (χ4v) is 3.40. The Kier molecular flexibility index (Phi) is 5.30. The number of hydrogen-bond acceptors (Lipinski definition) is 5. The van der Waals surface area contributed by atoms with Gasteiger partial charge in [0.15, 0.2) is 0 Å². The van der Waals surface area contributed by atoms with E-state index in [1.54, 1.807) is 18.2 Å². The summed E-state index contributed by atoms with van der Waals surface area (Å²) in [4.78, 5) is 27.2. The van der Waals surface area contributed by atoms with Crippen LogP contribution in [0.4, 0.5) is 11.4 Å². The van der Waals surface area contributed by atoms with Gasteiger partial charge in [-0.2, -0.15) is 0 Å². The van der Waals surface area contributed by atoms with Crippen molar-refractivity contribution in [1.82, 2.24) is 4.90 Å². The SMILES string of the molecule is O=C(CN(CC1CCCO1)c1ccccc1[N+](=O)[O-])N1CCCC1. The molecule has 2 fully saturated rings. The molecule has 2 aliphatic heterocycles. The largest absolute Gasteiger partial charge is 0.376 e. The van der Waals surface area contributed by atoms with Crippen LogP contribution in [0.1, 0.15) is 25.7 Å². The molecule has 1 aromatic rings. The van der Waals surface area contributed by atoms with Crippen LogP contribution in [-0.4, -0.2) is 54.6 Å². The molecule has 0 N–H and O–H groups in total. The van der Waals surface area contributed by atoms with Gasteiger partial charge in [0.25, 0.3) is 5.69 Å². The number of anilines is 1. The predicted molar refractivity (Wildman–Crippen MR) is 90.1 cm³/mol. The topological polar surface area (TPSA) is 75.9 Å². The van der Waals surface area contributed by atoms with Crippen LogP contribution in [0.2, 0.25) is 0 Å². The first-order valence-electron chi connectivity index (χ1n) is 8.53. The highest BCUT2D eigenvalue weighted by Gasteiger charge is 2.28. The van der Waals surface area contributed by atoms with E-state index in [0.717, 1.165) is 45.4 Å². The quantitative estimate of drug-likeness (QED) is 0.589. The van der Waals surface area contributed by atoms with E-state index in [0.29, 0.717) is 12.2 Å². The van der Waals surface area contributed by atoms with Gasteiger partial charge in [-0.3, -0.25) is 14.9 Å². The lowest BCUT2D eigenvalue weighted by Gasteiger charge is -2.28. The third kappa shape index (κ3) is 3.84. The van der Waals surface area contributed by atoms with E-state index in [9.17, 15) is 14.9 Å². The summed E-state index contributed by atoms with van der Waals surface area (Å²) in [5, 5.41) is 11.4. The normalized spacial score (nSPS) is 20.3. The summed E-state index contributed by atoms with van der Waals surface area (Å²) in [6.07, 6.45) is 4.01. The van der Waals surface area contributed by atoms with Gasteiger partial charge in [0, 0.05) is 32.3 Å². The average molecular weight is 333 g/mol. The van der Waals surface area contributed by atoms with E-state index < -0.39 is 4.92 Å². The standard InChI is InChI=1S/C17H23N3O4/c21-17(18-9-3-4-10-18)13-19(12-14-6-5-11-24-14)15-7-1-2-8-16(15)20(22)23/h1-2,7-8,14H,3-6,9-13H2. The van der Waals surface area contributed by atoms with Crippen molar-refractivity contribution in [3.8, 4) is 0 Å². The molecule has 7 heteroatoms. The van der Waals surface area contributed by atoms with Crippen LogP contribution in [0.15, 0.2) is 24.3 Å². The zero-order valence-electron chi connectivity index (χ0n) is 13.7. The van der Waals surface area contributed by atoms with Crippen LogP contribution in [0.5, 0.6) is 0 Å².